The van der Waals surface area contributed by atoms with E-state index in [0.717, 1.165) is 11.1 Å². The fraction of sp³-hybridized carbons (Fsp3) is 0.211. The molecule has 0 aliphatic carbocycles. The van der Waals surface area contributed by atoms with Crippen LogP contribution in [0.5, 0.6) is 5.75 Å². The van der Waals surface area contributed by atoms with Crippen molar-refractivity contribution in [1.82, 2.24) is 10.2 Å². The van der Waals surface area contributed by atoms with Crippen LogP contribution in [-0.4, -0.2) is 22.7 Å². The number of nitrogens with zero attached hydrogens (tertiary/aromatic N) is 2. The summed E-state index contributed by atoms with van der Waals surface area (Å²) in [6.45, 7) is 3.83. The molecule has 3 rings (SSSR count). The van der Waals surface area contributed by atoms with Gasteiger partial charge in [-0.25, -0.2) is 4.39 Å². The van der Waals surface area contributed by atoms with Crippen molar-refractivity contribution >= 4 is 34.1 Å². The third-order valence-electron chi connectivity index (χ3n) is 3.88. The number of amides is 1. The Balaban J connectivity index is 1.50. The van der Waals surface area contributed by atoms with Gasteiger partial charge in [-0.15, -0.1) is 10.2 Å². The molecule has 1 amide bonds. The zero-order chi connectivity index (χ0) is 19.2. The summed E-state index contributed by atoms with van der Waals surface area (Å²) in [5.41, 5.74) is 2.71. The molecule has 1 N–H and O–H groups in total. The molecule has 0 spiro atoms. The lowest BCUT2D eigenvalue weighted by Crippen LogP contribution is -2.20. The first-order valence-corrected chi connectivity index (χ1v) is 10.0. The lowest BCUT2D eigenvalue weighted by atomic mass is 10.1. The van der Waals surface area contributed by atoms with E-state index in [1.807, 2.05) is 32.0 Å². The maximum absolute atomic E-state index is 13.6. The van der Waals surface area contributed by atoms with Crippen molar-refractivity contribution in [3.05, 3.63) is 65.0 Å². The van der Waals surface area contributed by atoms with E-state index in [-0.39, 0.29) is 18.3 Å². The van der Waals surface area contributed by atoms with Crippen LogP contribution in [0, 0.1) is 19.7 Å². The van der Waals surface area contributed by atoms with Crippen LogP contribution in [-0.2, 0) is 10.5 Å². The first kappa shape index (κ1) is 19.3. The Morgan fingerprint density at radius 1 is 1.19 bits per heavy atom. The van der Waals surface area contributed by atoms with E-state index >= 15 is 0 Å². The number of aryl methyl sites for hydroxylation is 1. The first-order valence-electron chi connectivity index (χ1n) is 8.21. The molecular weight excluding hydrogens is 385 g/mol. The Labute approximate surface area is 165 Å². The van der Waals surface area contributed by atoms with E-state index in [1.165, 1.54) is 29.2 Å². The van der Waals surface area contributed by atoms with Gasteiger partial charge in [0.15, 0.2) is 10.9 Å². The van der Waals surface area contributed by atoms with Gasteiger partial charge in [0, 0.05) is 5.75 Å². The number of nitrogens with one attached hydrogen (secondary N) is 1. The second-order valence-electron chi connectivity index (χ2n) is 5.79. The number of thioether (sulfide) groups is 1. The highest BCUT2D eigenvalue weighted by Crippen LogP contribution is 2.29. The second-order valence-corrected chi connectivity index (χ2v) is 7.99. The summed E-state index contributed by atoms with van der Waals surface area (Å²) in [6, 6.07) is 12.3. The molecule has 0 saturated heterocycles. The lowest BCUT2D eigenvalue weighted by molar-refractivity contribution is -0.118. The van der Waals surface area contributed by atoms with Crippen molar-refractivity contribution in [2.75, 3.05) is 11.9 Å². The SMILES string of the molecule is Cc1cccc(OCC(=O)Nc2nnc(SCc3ccccc3F)s2)c1C. The molecule has 5 nitrogen and oxygen atoms in total. The molecule has 8 heteroatoms. The predicted molar refractivity (Wildman–Crippen MR) is 106 cm³/mol. The maximum atomic E-state index is 13.6. The van der Waals surface area contributed by atoms with E-state index in [0.29, 0.717) is 26.5 Å². The molecule has 0 aliphatic heterocycles. The Kier molecular flexibility index (Phi) is 6.41. The summed E-state index contributed by atoms with van der Waals surface area (Å²) in [6.07, 6.45) is 0. The number of carbonyl (C=O) groups is 1. The normalized spacial score (nSPS) is 10.6. The lowest BCUT2D eigenvalue weighted by Gasteiger charge is -2.10. The summed E-state index contributed by atoms with van der Waals surface area (Å²) in [7, 11) is 0. The molecule has 0 bridgehead atoms. The van der Waals surface area contributed by atoms with Crippen LogP contribution in [0.4, 0.5) is 9.52 Å². The largest absolute Gasteiger partial charge is 0.483 e. The molecule has 1 aromatic heterocycles. The molecule has 2 aromatic carbocycles. The Hall–Kier alpha value is -2.45. The number of hydrogen-bond donors (Lipinski definition) is 1. The summed E-state index contributed by atoms with van der Waals surface area (Å²) in [5, 5.41) is 11.0. The third kappa shape index (κ3) is 5.27. The summed E-state index contributed by atoms with van der Waals surface area (Å²) in [5.74, 6) is 0.582. The van der Waals surface area contributed by atoms with Crippen molar-refractivity contribution in [2.45, 2.75) is 23.9 Å². The number of aromatic nitrogens is 2. The maximum Gasteiger partial charge on any atom is 0.264 e. The summed E-state index contributed by atoms with van der Waals surface area (Å²) >= 11 is 2.62. The predicted octanol–water partition coefficient (Wildman–Crippen LogP) is 4.60. The Bertz CT molecular complexity index is 946. The Morgan fingerprint density at radius 2 is 2.00 bits per heavy atom. The van der Waals surface area contributed by atoms with Crippen LogP contribution in [0.15, 0.2) is 46.8 Å². The van der Waals surface area contributed by atoms with E-state index in [4.69, 9.17) is 4.74 Å². The van der Waals surface area contributed by atoms with Crippen molar-refractivity contribution in [1.29, 1.82) is 0 Å². The fourth-order valence-electron chi connectivity index (χ4n) is 2.25. The zero-order valence-electron chi connectivity index (χ0n) is 14.9. The van der Waals surface area contributed by atoms with Gasteiger partial charge in [-0.3, -0.25) is 10.1 Å². The Morgan fingerprint density at radius 3 is 2.81 bits per heavy atom. The number of carbonyl (C=O) groups excluding carboxylic acids is 1. The molecule has 0 atom stereocenters. The number of rotatable bonds is 7. The molecular formula is C19H18FN3O2S2. The number of hydrogen-bond acceptors (Lipinski definition) is 6. The molecule has 27 heavy (non-hydrogen) atoms. The van der Waals surface area contributed by atoms with Crippen LogP contribution in [0.25, 0.3) is 0 Å². The topological polar surface area (TPSA) is 64.1 Å². The smallest absolute Gasteiger partial charge is 0.264 e. The monoisotopic (exact) mass is 403 g/mol. The standard InChI is InChI=1S/C19H18FN3O2S2/c1-12-6-5-9-16(13(12)2)25-10-17(24)21-18-22-23-19(27-18)26-11-14-7-3-4-8-15(14)20/h3-9H,10-11H2,1-2H3,(H,21,22,24). The number of anilines is 1. The molecule has 0 saturated carbocycles. The van der Waals surface area contributed by atoms with Crippen LogP contribution < -0.4 is 10.1 Å². The quantitative estimate of drug-likeness (QED) is 0.461. The van der Waals surface area contributed by atoms with Gasteiger partial charge < -0.3 is 4.74 Å². The van der Waals surface area contributed by atoms with Crippen molar-refractivity contribution in [3.63, 3.8) is 0 Å². The number of ether oxygens (including phenoxy) is 1. The van der Waals surface area contributed by atoms with Crippen molar-refractivity contribution in [2.24, 2.45) is 0 Å². The van der Waals surface area contributed by atoms with Crippen molar-refractivity contribution in [3.8, 4) is 5.75 Å². The second kappa shape index (κ2) is 8.96. The minimum Gasteiger partial charge on any atom is -0.483 e. The van der Waals surface area contributed by atoms with Gasteiger partial charge in [-0.1, -0.05) is 53.4 Å². The van der Waals surface area contributed by atoms with Gasteiger partial charge in [0.25, 0.3) is 5.91 Å². The van der Waals surface area contributed by atoms with Crippen LogP contribution in [0.3, 0.4) is 0 Å². The molecule has 0 aliphatic rings. The van der Waals surface area contributed by atoms with Gasteiger partial charge in [-0.05, 0) is 42.7 Å². The molecule has 1 heterocycles. The van der Waals surface area contributed by atoms with E-state index < -0.39 is 0 Å². The van der Waals surface area contributed by atoms with Crippen LogP contribution in [0.1, 0.15) is 16.7 Å². The van der Waals surface area contributed by atoms with Gasteiger partial charge in [0.2, 0.25) is 5.13 Å². The third-order valence-corrected chi connectivity index (χ3v) is 5.90. The molecule has 0 radical (unpaired) electrons. The van der Waals surface area contributed by atoms with Crippen molar-refractivity contribution < 1.29 is 13.9 Å². The highest BCUT2D eigenvalue weighted by atomic mass is 32.2. The van der Waals surface area contributed by atoms with E-state index in [9.17, 15) is 9.18 Å². The fourth-order valence-corrected chi connectivity index (χ4v) is 4.01. The number of halogens is 1. The number of benzene rings is 2. The van der Waals surface area contributed by atoms with Gasteiger partial charge in [0.1, 0.15) is 11.6 Å². The van der Waals surface area contributed by atoms with Crippen LogP contribution >= 0.6 is 23.1 Å². The highest BCUT2D eigenvalue weighted by molar-refractivity contribution is 8.00. The average Bonchev–Trinajstić information content (AvgIpc) is 3.09. The molecule has 140 valence electrons. The van der Waals surface area contributed by atoms with Crippen LogP contribution in [0.2, 0.25) is 0 Å². The first-order chi connectivity index (χ1) is 13.0. The van der Waals surface area contributed by atoms with E-state index in [1.54, 1.807) is 18.2 Å². The van der Waals surface area contributed by atoms with Gasteiger partial charge in [0.05, 0.1) is 0 Å². The summed E-state index contributed by atoms with van der Waals surface area (Å²) < 4.78 is 19.9. The minimum atomic E-state index is -0.308. The summed E-state index contributed by atoms with van der Waals surface area (Å²) in [4.78, 5) is 12.1. The van der Waals surface area contributed by atoms with Gasteiger partial charge in [-0.2, -0.15) is 0 Å². The molecule has 3 aromatic rings. The molecule has 0 fully saturated rings. The minimum absolute atomic E-state index is 0.110. The van der Waals surface area contributed by atoms with E-state index in [2.05, 4.69) is 15.5 Å². The molecule has 0 unspecified atom stereocenters. The highest BCUT2D eigenvalue weighted by Gasteiger charge is 2.11. The van der Waals surface area contributed by atoms with Gasteiger partial charge >= 0.3 is 0 Å². The average molecular weight is 404 g/mol. The zero-order valence-corrected chi connectivity index (χ0v) is 16.5.